The molecule has 1 aliphatic rings. The Kier molecular flexibility index (Phi) is 2.95. The van der Waals surface area contributed by atoms with Crippen molar-refractivity contribution in [2.24, 2.45) is 0 Å². The first-order valence-electron chi connectivity index (χ1n) is 5.40. The fourth-order valence-corrected chi connectivity index (χ4v) is 1.92. The predicted octanol–water partition coefficient (Wildman–Crippen LogP) is 1.82. The van der Waals surface area contributed by atoms with Gasteiger partial charge in [0.1, 0.15) is 0 Å². The predicted molar refractivity (Wildman–Crippen MR) is 63.2 cm³/mol. The molecule has 0 aliphatic carbocycles. The molecule has 0 saturated carbocycles. The highest BCUT2D eigenvalue weighted by atomic mass is 16.6. The summed E-state index contributed by atoms with van der Waals surface area (Å²) in [6, 6.07) is 4.38. The number of hydrogen-bond acceptors (Lipinski definition) is 3. The Balaban J connectivity index is 2.32. The van der Waals surface area contributed by atoms with E-state index in [2.05, 4.69) is 5.32 Å². The highest BCUT2D eigenvalue weighted by molar-refractivity contribution is 5.93. The van der Waals surface area contributed by atoms with Crippen molar-refractivity contribution in [1.29, 1.82) is 0 Å². The van der Waals surface area contributed by atoms with Crippen LogP contribution in [0.5, 0.6) is 0 Å². The van der Waals surface area contributed by atoms with Crippen molar-refractivity contribution in [3.05, 3.63) is 33.9 Å². The van der Waals surface area contributed by atoms with Crippen LogP contribution in [0.1, 0.15) is 12.0 Å². The average molecular weight is 235 g/mol. The maximum atomic E-state index is 11.6. The molecule has 1 aliphatic heterocycles. The van der Waals surface area contributed by atoms with Gasteiger partial charge in [0.2, 0.25) is 0 Å². The third-order valence-electron chi connectivity index (χ3n) is 2.76. The molecule has 6 heteroatoms. The number of amides is 2. The summed E-state index contributed by atoms with van der Waals surface area (Å²) >= 11 is 0. The highest BCUT2D eigenvalue weighted by Gasteiger charge is 2.21. The molecule has 0 spiro atoms. The van der Waals surface area contributed by atoms with E-state index in [0.29, 0.717) is 13.1 Å². The largest absolute Gasteiger partial charge is 0.338 e. The molecule has 0 bridgehead atoms. The van der Waals surface area contributed by atoms with Crippen LogP contribution in [-0.4, -0.2) is 24.0 Å². The molecule has 0 unspecified atom stereocenters. The molecule has 2 rings (SSSR count). The van der Waals surface area contributed by atoms with E-state index in [1.807, 2.05) is 0 Å². The number of urea groups is 1. The van der Waals surface area contributed by atoms with E-state index in [1.165, 1.54) is 12.1 Å². The van der Waals surface area contributed by atoms with Crippen LogP contribution in [0.25, 0.3) is 0 Å². The van der Waals surface area contributed by atoms with Gasteiger partial charge in [-0.25, -0.2) is 4.79 Å². The van der Waals surface area contributed by atoms with Crippen molar-refractivity contribution in [1.82, 2.24) is 5.32 Å². The molecule has 1 N–H and O–H groups in total. The van der Waals surface area contributed by atoms with Gasteiger partial charge in [-0.1, -0.05) is 0 Å². The van der Waals surface area contributed by atoms with E-state index in [1.54, 1.807) is 17.9 Å². The zero-order chi connectivity index (χ0) is 12.4. The average Bonchev–Trinajstić information content (AvgIpc) is 2.30. The molecular weight excluding hydrogens is 222 g/mol. The van der Waals surface area contributed by atoms with E-state index in [-0.39, 0.29) is 11.7 Å². The number of anilines is 1. The second-order valence-electron chi connectivity index (χ2n) is 3.97. The SMILES string of the molecule is Cc1cc([N+](=O)[O-])ccc1N1CCCNC1=O. The number of hydrogen-bond donors (Lipinski definition) is 1. The second kappa shape index (κ2) is 4.40. The van der Waals surface area contributed by atoms with Crippen molar-refractivity contribution in [3.8, 4) is 0 Å². The summed E-state index contributed by atoms with van der Waals surface area (Å²) in [5, 5.41) is 13.4. The van der Waals surface area contributed by atoms with Gasteiger partial charge >= 0.3 is 6.03 Å². The van der Waals surface area contributed by atoms with Crippen LogP contribution in [0.2, 0.25) is 0 Å². The molecule has 0 aromatic heterocycles. The Morgan fingerprint density at radius 3 is 2.82 bits per heavy atom. The van der Waals surface area contributed by atoms with E-state index in [9.17, 15) is 14.9 Å². The number of rotatable bonds is 2. The number of nitro groups is 1. The number of carbonyl (C=O) groups is 1. The van der Waals surface area contributed by atoms with Crippen LogP contribution >= 0.6 is 0 Å². The van der Waals surface area contributed by atoms with Gasteiger partial charge in [-0.3, -0.25) is 15.0 Å². The van der Waals surface area contributed by atoms with Crippen molar-refractivity contribution in [2.75, 3.05) is 18.0 Å². The third kappa shape index (κ3) is 2.20. The number of nitrogens with zero attached hydrogens (tertiary/aromatic N) is 2. The van der Waals surface area contributed by atoms with Crippen LogP contribution in [0.15, 0.2) is 18.2 Å². The van der Waals surface area contributed by atoms with Gasteiger partial charge in [0.25, 0.3) is 5.69 Å². The standard InChI is InChI=1S/C11H13N3O3/c1-8-7-9(14(16)17)3-4-10(8)13-6-2-5-12-11(13)15/h3-4,7H,2,5-6H2,1H3,(H,12,15). The zero-order valence-corrected chi connectivity index (χ0v) is 9.47. The van der Waals surface area contributed by atoms with Crippen molar-refractivity contribution in [2.45, 2.75) is 13.3 Å². The van der Waals surface area contributed by atoms with Crippen molar-refractivity contribution < 1.29 is 9.72 Å². The van der Waals surface area contributed by atoms with Gasteiger partial charge in [-0.05, 0) is 25.0 Å². The zero-order valence-electron chi connectivity index (χ0n) is 9.47. The molecule has 1 fully saturated rings. The van der Waals surface area contributed by atoms with Gasteiger partial charge in [0.05, 0.1) is 4.92 Å². The van der Waals surface area contributed by atoms with E-state index in [4.69, 9.17) is 0 Å². The molecule has 0 atom stereocenters. The van der Waals surface area contributed by atoms with E-state index < -0.39 is 4.92 Å². The lowest BCUT2D eigenvalue weighted by Gasteiger charge is -2.28. The number of nitrogens with one attached hydrogen (secondary N) is 1. The van der Waals surface area contributed by atoms with E-state index in [0.717, 1.165) is 17.7 Å². The minimum atomic E-state index is -0.437. The summed E-state index contributed by atoms with van der Waals surface area (Å²) < 4.78 is 0. The van der Waals surface area contributed by atoms with Crippen LogP contribution in [0, 0.1) is 17.0 Å². The summed E-state index contributed by atoms with van der Waals surface area (Å²) in [5.74, 6) is 0. The minimum absolute atomic E-state index is 0.0451. The van der Waals surface area contributed by atoms with Crippen LogP contribution in [0.4, 0.5) is 16.2 Å². The molecule has 17 heavy (non-hydrogen) atoms. The van der Waals surface area contributed by atoms with Gasteiger partial charge in [-0.15, -0.1) is 0 Å². The first-order valence-corrected chi connectivity index (χ1v) is 5.40. The van der Waals surface area contributed by atoms with Gasteiger partial charge in [-0.2, -0.15) is 0 Å². The Hall–Kier alpha value is -2.11. The van der Waals surface area contributed by atoms with E-state index >= 15 is 0 Å². The molecule has 1 saturated heterocycles. The van der Waals surface area contributed by atoms with Crippen LogP contribution in [-0.2, 0) is 0 Å². The quantitative estimate of drug-likeness (QED) is 0.627. The maximum Gasteiger partial charge on any atom is 0.321 e. The maximum absolute atomic E-state index is 11.6. The molecule has 90 valence electrons. The number of aryl methyl sites for hydroxylation is 1. The Morgan fingerprint density at radius 1 is 1.47 bits per heavy atom. The summed E-state index contributed by atoms with van der Waals surface area (Å²) in [4.78, 5) is 23.4. The Bertz CT molecular complexity index is 473. The highest BCUT2D eigenvalue weighted by Crippen LogP contribution is 2.25. The Labute approximate surface area is 98.4 Å². The first-order chi connectivity index (χ1) is 8.09. The number of nitro benzene ring substituents is 1. The summed E-state index contributed by atoms with van der Waals surface area (Å²) in [5.41, 5.74) is 1.51. The smallest absolute Gasteiger partial charge is 0.321 e. The monoisotopic (exact) mass is 235 g/mol. The minimum Gasteiger partial charge on any atom is -0.338 e. The third-order valence-corrected chi connectivity index (χ3v) is 2.76. The number of benzene rings is 1. The molecule has 0 radical (unpaired) electrons. The molecule has 1 aromatic carbocycles. The fourth-order valence-electron chi connectivity index (χ4n) is 1.92. The summed E-state index contributed by atoms with van der Waals surface area (Å²) in [7, 11) is 0. The van der Waals surface area contributed by atoms with Gasteiger partial charge in [0.15, 0.2) is 0 Å². The Morgan fingerprint density at radius 2 is 2.24 bits per heavy atom. The lowest BCUT2D eigenvalue weighted by atomic mass is 10.1. The fraction of sp³-hybridized carbons (Fsp3) is 0.364. The number of carbonyl (C=O) groups excluding carboxylic acids is 1. The molecule has 2 amide bonds. The lowest BCUT2D eigenvalue weighted by Crippen LogP contribution is -2.46. The second-order valence-corrected chi connectivity index (χ2v) is 3.97. The van der Waals surface area contributed by atoms with Crippen LogP contribution in [0.3, 0.4) is 0 Å². The summed E-state index contributed by atoms with van der Waals surface area (Å²) in [6.07, 6.45) is 0.877. The molecular formula is C11H13N3O3. The van der Waals surface area contributed by atoms with Crippen molar-refractivity contribution >= 4 is 17.4 Å². The number of non-ortho nitro benzene ring substituents is 1. The molecule has 1 heterocycles. The lowest BCUT2D eigenvalue weighted by molar-refractivity contribution is -0.384. The van der Waals surface area contributed by atoms with Crippen molar-refractivity contribution in [3.63, 3.8) is 0 Å². The molecule has 1 aromatic rings. The van der Waals surface area contributed by atoms with Gasteiger partial charge in [0, 0.05) is 30.9 Å². The topological polar surface area (TPSA) is 75.5 Å². The van der Waals surface area contributed by atoms with Crippen LogP contribution < -0.4 is 10.2 Å². The molecule has 6 nitrogen and oxygen atoms in total. The van der Waals surface area contributed by atoms with Gasteiger partial charge < -0.3 is 5.32 Å². The first kappa shape index (κ1) is 11.4. The summed E-state index contributed by atoms with van der Waals surface area (Å²) in [6.45, 7) is 3.09. The normalized spacial score (nSPS) is 15.6.